The Labute approximate surface area is 177 Å². The molecule has 2 heterocycles. The van der Waals surface area contributed by atoms with Gasteiger partial charge in [0.2, 0.25) is 5.91 Å². The maximum Gasteiger partial charge on any atom is 0.239 e. The number of hydrogen-bond donors (Lipinski definition) is 1. The van der Waals surface area contributed by atoms with Gasteiger partial charge in [0.15, 0.2) is 16.1 Å². The molecule has 0 fully saturated rings. The first-order chi connectivity index (χ1) is 13.9. The van der Waals surface area contributed by atoms with Gasteiger partial charge in [-0.05, 0) is 45.0 Å². The molecular formula is C19H23N5O3S2. The number of anilines is 1. The van der Waals surface area contributed by atoms with Crippen molar-refractivity contribution in [2.75, 3.05) is 12.4 Å². The summed E-state index contributed by atoms with van der Waals surface area (Å²) in [6.07, 6.45) is 0. The highest BCUT2D eigenvalue weighted by molar-refractivity contribution is 8.00. The summed E-state index contributed by atoms with van der Waals surface area (Å²) in [6, 6.07) is 7.33. The van der Waals surface area contributed by atoms with Crippen LogP contribution in [0.15, 0.2) is 29.4 Å². The molecule has 0 saturated heterocycles. The maximum absolute atomic E-state index is 12.5. The van der Waals surface area contributed by atoms with Gasteiger partial charge in [-0.1, -0.05) is 11.8 Å². The van der Waals surface area contributed by atoms with E-state index in [1.807, 2.05) is 56.7 Å². The van der Waals surface area contributed by atoms with Crippen molar-refractivity contribution < 1.29 is 14.3 Å². The van der Waals surface area contributed by atoms with E-state index in [1.165, 1.54) is 23.1 Å². The Kier molecular flexibility index (Phi) is 6.75. The zero-order chi connectivity index (χ0) is 21.0. The van der Waals surface area contributed by atoms with E-state index in [9.17, 15) is 4.79 Å². The lowest BCUT2D eigenvalue weighted by Crippen LogP contribution is -2.22. The largest absolute Gasteiger partial charge is 0.497 e. The first-order valence-electron chi connectivity index (χ1n) is 8.94. The van der Waals surface area contributed by atoms with Crippen LogP contribution in [0.25, 0.3) is 0 Å². The summed E-state index contributed by atoms with van der Waals surface area (Å²) in [5.41, 5.74) is 0.931. The third-order valence-corrected chi connectivity index (χ3v) is 6.38. The predicted molar refractivity (Wildman–Crippen MR) is 114 cm³/mol. The number of nitrogens with zero attached hydrogens (tertiary/aromatic N) is 4. The molecule has 0 aliphatic rings. The van der Waals surface area contributed by atoms with Crippen LogP contribution in [-0.4, -0.2) is 38.0 Å². The number of hydrogen-bond acceptors (Lipinski definition) is 8. The van der Waals surface area contributed by atoms with E-state index < -0.39 is 0 Å². The lowest BCUT2D eigenvalue weighted by Gasteiger charge is -2.10. The predicted octanol–water partition coefficient (Wildman–Crippen LogP) is 3.60. The van der Waals surface area contributed by atoms with Gasteiger partial charge in [0.25, 0.3) is 0 Å². The monoisotopic (exact) mass is 433 g/mol. The molecule has 10 heteroatoms. The Morgan fingerprint density at radius 3 is 2.55 bits per heavy atom. The number of aromatic nitrogens is 4. The van der Waals surface area contributed by atoms with Gasteiger partial charge in [-0.15, -0.1) is 21.5 Å². The number of benzene rings is 1. The smallest absolute Gasteiger partial charge is 0.239 e. The number of aryl methyl sites for hydroxylation is 2. The zero-order valence-corrected chi connectivity index (χ0v) is 18.6. The number of thiazole rings is 1. The van der Waals surface area contributed by atoms with Crippen molar-refractivity contribution in [3.63, 3.8) is 0 Å². The Hall–Kier alpha value is -2.59. The summed E-state index contributed by atoms with van der Waals surface area (Å²) in [4.78, 5) is 17.9. The standard InChI is InChI=1S/C19H23N5O3S2/c1-11-12(2)28-18(20-11)21-17(25)13(3)29-19-23-22-16(24(19)4)10-27-15-8-6-14(26-5)7-9-15/h6-9,13H,10H2,1-5H3,(H,20,21,25). The van der Waals surface area contributed by atoms with Crippen molar-refractivity contribution in [1.82, 2.24) is 19.7 Å². The van der Waals surface area contributed by atoms with Crippen molar-refractivity contribution in [3.05, 3.63) is 40.7 Å². The second-order valence-electron chi connectivity index (χ2n) is 6.33. The molecule has 0 radical (unpaired) electrons. The first kappa shape index (κ1) is 21.1. The van der Waals surface area contributed by atoms with E-state index in [-0.39, 0.29) is 17.8 Å². The molecule has 1 N–H and O–H groups in total. The van der Waals surface area contributed by atoms with E-state index >= 15 is 0 Å². The highest BCUT2D eigenvalue weighted by Gasteiger charge is 2.20. The average molecular weight is 434 g/mol. The number of amides is 1. The van der Waals surface area contributed by atoms with Crippen LogP contribution >= 0.6 is 23.1 Å². The minimum Gasteiger partial charge on any atom is -0.497 e. The minimum absolute atomic E-state index is 0.122. The molecule has 3 aromatic rings. The highest BCUT2D eigenvalue weighted by Crippen LogP contribution is 2.25. The summed E-state index contributed by atoms with van der Waals surface area (Å²) in [6.45, 7) is 6.01. The van der Waals surface area contributed by atoms with E-state index in [4.69, 9.17) is 9.47 Å². The van der Waals surface area contributed by atoms with E-state index in [0.29, 0.717) is 21.9 Å². The van der Waals surface area contributed by atoms with Crippen LogP contribution in [0, 0.1) is 13.8 Å². The molecule has 29 heavy (non-hydrogen) atoms. The normalized spacial score (nSPS) is 11.9. The quantitative estimate of drug-likeness (QED) is 0.543. The molecule has 8 nitrogen and oxygen atoms in total. The van der Waals surface area contributed by atoms with Gasteiger partial charge >= 0.3 is 0 Å². The van der Waals surface area contributed by atoms with Crippen LogP contribution in [0.4, 0.5) is 5.13 Å². The van der Waals surface area contributed by atoms with Gasteiger partial charge in [-0.25, -0.2) is 4.98 Å². The van der Waals surface area contributed by atoms with Crippen LogP contribution < -0.4 is 14.8 Å². The Bertz CT molecular complexity index is 965. The number of thioether (sulfide) groups is 1. The van der Waals surface area contributed by atoms with E-state index in [1.54, 1.807) is 7.11 Å². The molecule has 2 aromatic heterocycles. The van der Waals surface area contributed by atoms with Gasteiger partial charge in [-0.2, -0.15) is 0 Å². The maximum atomic E-state index is 12.5. The van der Waals surface area contributed by atoms with Crippen LogP contribution in [-0.2, 0) is 18.4 Å². The van der Waals surface area contributed by atoms with E-state index in [2.05, 4.69) is 20.5 Å². The van der Waals surface area contributed by atoms with E-state index in [0.717, 1.165) is 16.3 Å². The van der Waals surface area contributed by atoms with Crippen molar-refractivity contribution >= 4 is 34.1 Å². The van der Waals surface area contributed by atoms with Crippen molar-refractivity contribution in [2.45, 2.75) is 37.8 Å². The summed E-state index contributed by atoms with van der Waals surface area (Å²) < 4.78 is 12.7. The van der Waals surface area contributed by atoms with Gasteiger partial charge in [0.05, 0.1) is 18.1 Å². The van der Waals surface area contributed by atoms with Crippen LogP contribution in [0.3, 0.4) is 0 Å². The van der Waals surface area contributed by atoms with Crippen LogP contribution in [0.2, 0.25) is 0 Å². The Balaban J connectivity index is 1.57. The highest BCUT2D eigenvalue weighted by atomic mass is 32.2. The second kappa shape index (κ2) is 9.27. The summed E-state index contributed by atoms with van der Waals surface area (Å²) in [7, 11) is 3.47. The van der Waals surface area contributed by atoms with Crippen molar-refractivity contribution in [3.8, 4) is 11.5 Å². The number of methoxy groups -OCH3 is 1. The number of carbonyl (C=O) groups excluding carboxylic acids is 1. The van der Waals surface area contributed by atoms with Gasteiger partial charge < -0.3 is 19.4 Å². The van der Waals surface area contributed by atoms with Crippen molar-refractivity contribution in [1.29, 1.82) is 0 Å². The molecule has 0 aliphatic heterocycles. The number of nitrogens with one attached hydrogen (secondary N) is 1. The third-order valence-electron chi connectivity index (χ3n) is 4.26. The fraction of sp³-hybridized carbons (Fsp3) is 0.368. The zero-order valence-electron chi connectivity index (χ0n) is 16.9. The summed E-state index contributed by atoms with van der Waals surface area (Å²) >= 11 is 2.81. The number of ether oxygens (including phenoxy) is 2. The molecule has 1 unspecified atom stereocenters. The molecule has 0 bridgehead atoms. The lowest BCUT2D eigenvalue weighted by atomic mass is 10.3. The molecule has 3 rings (SSSR count). The van der Waals surface area contributed by atoms with Crippen LogP contribution in [0.1, 0.15) is 23.3 Å². The Morgan fingerprint density at radius 2 is 1.93 bits per heavy atom. The fourth-order valence-electron chi connectivity index (χ4n) is 2.34. The van der Waals surface area contributed by atoms with Gasteiger partial charge in [0.1, 0.15) is 18.1 Å². The van der Waals surface area contributed by atoms with Gasteiger partial charge in [-0.3, -0.25) is 4.79 Å². The molecular weight excluding hydrogens is 410 g/mol. The summed E-state index contributed by atoms with van der Waals surface area (Å²) in [5, 5.41) is 12.1. The number of rotatable bonds is 8. The first-order valence-corrected chi connectivity index (χ1v) is 10.6. The molecule has 154 valence electrons. The molecule has 1 amide bonds. The third kappa shape index (κ3) is 5.27. The molecule has 0 aliphatic carbocycles. The SMILES string of the molecule is COc1ccc(OCc2nnc(SC(C)C(=O)Nc3nc(C)c(C)s3)n2C)cc1. The molecule has 1 atom stereocenters. The molecule has 0 spiro atoms. The van der Waals surface area contributed by atoms with Gasteiger partial charge in [0, 0.05) is 11.9 Å². The van der Waals surface area contributed by atoms with Crippen LogP contribution in [0.5, 0.6) is 11.5 Å². The topological polar surface area (TPSA) is 91.2 Å². The second-order valence-corrected chi connectivity index (χ2v) is 8.84. The minimum atomic E-state index is -0.349. The molecule has 0 saturated carbocycles. The number of carbonyl (C=O) groups is 1. The lowest BCUT2D eigenvalue weighted by molar-refractivity contribution is -0.115. The summed E-state index contributed by atoms with van der Waals surface area (Å²) in [5.74, 6) is 2.03. The fourth-order valence-corrected chi connectivity index (χ4v) is 3.99. The molecule has 1 aromatic carbocycles. The van der Waals surface area contributed by atoms with Crippen molar-refractivity contribution in [2.24, 2.45) is 7.05 Å². The average Bonchev–Trinajstić information content (AvgIpc) is 3.21. The Morgan fingerprint density at radius 1 is 1.24 bits per heavy atom.